The first-order valence-corrected chi connectivity index (χ1v) is 10.1. The average molecular weight is 464 g/mol. The lowest BCUT2D eigenvalue weighted by atomic mass is 10.2. The molecule has 138 valence electrons. The van der Waals surface area contributed by atoms with Crippen LogP contribution in [0.4, 0.5) is 5.69 Å². The first kappa shape index (κ1) is 18.4. The Balaban J connectivity index is 1.90. The van der Waals surface area contributed by atoms with E-state index in [-0.39, 0.29) is 0 Å². The van der Waals surface area contributed by atoms with E-state index in [1.165, 1.54) is 11.9 Å². The highest BCUT2D eigenvalue weighted by molar-refractivity contribution is 9.10. The van der Waals surface area contributed by atoms with Crippen molar-refractivity contribution in [2.45, 2.75) is 18.7 Å². The number of anilines is 1. The molecule has 0 bridgehead atoms. The van der Waals surface area contributed by atoms with E-state index in [0.29, 0.717) is 27.7 Å². The molecular formula is C18H16BrClN6S. The first-order chi connectivity index (χ1) is 12.9. The summed E-state index contributed by atoms with van der Waals surface area (Å²) in [4.78, 5) is 13.2. The topological polar surface area (TPSA) is 98.5 Å². The quantitative estimate of drug-likeness (QED) is 0.371. The fourth-order valence-corrected chi connectivity index (χ4v) is 4.02. The summed E-state index contributed by atoms with van der Waals surface area (Å²) in [5, 5.41) is 6.37. The van der Waals surface area contributed by atoms with Crippen LogP contribution in [-0.4, -0.2) is 19.5 Å². The van der Waals surface area contributed by atoms with E-state index in [0.717, 1.165) is 32.0 Å². The lowest BCUT2D eigenvalue weighted by molar-refractivity contribution is 0.961. The van der Waals surface area contributed by atoms with E-state index in [4.69, 9.17) is 22.5 Å². The van der Waals surface area contributed by atoms with Crippen LogP contribution in [0.25, 0.3) is 28.2 Å². The molecule has 6 nitrogen and oxygen atoms in total. The summed E-state index contributed by atoms with van der Waals surface area (Å²) >= 11 is 11.1. The number of hydrogen-bond donors (Lipinski definition) is 3. The van der Waals surface area contributed by atoms with Crippen molar-refractivity contribution in [3.63, 3.8) is 0 Å². The Kier molecular flexibility index (Phi) is 4.67. The zero-order valence-electron chi connectivity index (χ0n) is 14.5. The van der Waals surface area contributed by atoms with Crippen LogP contribution in [0.15, 0.2) is 39.8 Å². The minimum atomic E-state index is 0.579. The highest BCUT2D eigenvalue weighted by Gasteiger charge is 2.18. The third-order valence-corrected chi connectivity index (χ3v) is 5.97. The maximum atomic E-state index is 6.46. The van der Waals surface area contributed by atoms with Crippen LogP contribution >= 0.6 is 39.5 Å². The van der Waals surface area contributed by atoms with E-state index in [1.807, 2.05) is 32.0 Å². The summed E-state index contributed by atoms with van der Waals surface area (Å²) in [6.07, 6.45) is 1.65. The molecule has 0 atom stereocenters. The molecule has 0 aliphatic heterocycles. The van der Waals surface area contributed by atoms with Gasteiger partial charge in [-0.25, -0.2) is 9.97 Å². The minimum absolute atomic E-state index is 0.579. The summed E-state index contributed by atoms with van der Waals surface area (Å²) in [5.74, 6) is 0.710. The Labute approximate surface area is 173 Å². The van der Waals surface area contributed by atoms with Crippen molar-refractivity contribution in [2.75, 3.05) is 5.73 Å². The van der Waals surface area contributed by atoms with Gasteiger partial charge in [0.2, 0.25) is 0 Å². The molecule has 0 saturated heterocycles. The Morgan fingerprint density at radius 1 is 1.26 bits per heavy atom. The van der Waals surface area contributed by atoms with Gasteiger partial charge in [0.1, 0.15) is 11.3 Å². The Hall–Kier alpha value is -2.00. The molecule has 4 rings (SSSR count). The number of H-pyrrole nitrogens is 1. The van der Waals surface area contributed by atoms with Gasteiger partial charge in [0, 0.05) is 28.0 Å². The molecule has 1 aromatic carbocycles. The first-order valence-electron chi connectivity index (χ1n) is 8.06. The number of aromatic nitrogens is 4. The van der Waals surface area contributed by atoms with Gasteiger partial charge in [0.05, 0.1) is 20.9 Å². The maximum Gasteiger partial charge on any atom is 0.180 e. The number of nitrogens with zero attached hydrogens (tertiary/aromatic N) is 3. The molecule has 0 aliphatic rings. The zero-order chi connectivity index (χ0) is 19.3. The average Bonchev–Trinajstić information content (AvgIpc) is 3.20. The standard InChI is InChI=1S/C18H16BrClN6S/c1-8-5-11(17-24-16-15(21)12(19)7-23-18(16)25-17)9(2)26(8)14-6-10(27-22)3-4-13(14)20/h3-7H,22H2,1-2H3,(H3,21,23,24,25). The molecular weight excluding hydrogens is 448 g/mol. The van der Waals surface area contributed by atoms with Gasteiger partial charge in [-0.15, -0.1) is 0 Å². The Morgan fingerprint density at radius 3 is 2.78 bits per heavy atom. The Bertz CT molecular complexity index is 1180. The van der Waals surface area contributed by atoms with Crippen molar-refractivity contribution < 1.29 is 0 Å². The van der Waals surface area contributed by atoms with Crippen molar-refractivity contribution in [1.29, 1.82) is 0 Å². The third kappa shape index (κ3) is 3.02. The number of imidazole rings is 1. The monoisotopic (exact) mass is 462 g/mol. The Morgan fingerprint density at radius 2 is 2.04 bits per heavy atom. The lowest BCUT2D eigenvalue weighted by Gasteiger charge is -2.13. The normalized spacial score (nSPS) is 11.4. The van der Waals surface area contributed by atoms with E-state index >= 15 is 0 Å². The number of fused-ring (bicyclic) bond motifs is 1. The van der Waals surface area contributed by atoms with Gasteiger partial charge in [-0.1, -0.05) is 11.6 Å². The predicted octanol–water partition coefficient (Wildman–Crippen LogP) is 5.00. The number of nitrogen functional groups attached to an aromatic ring is 1. The molecule has 0 spiro atoms. The van der Waals surface area contributed by atoms with Crippen LogP contribution in [0.1, 0.15) is 11.4 Å². The van der Waals surface area contributed by atoms with Crippen molar-refractivity contribution in [1.82, 2.24) is 19.5 Å². The van der Waals surface area contributed by atoms with Gasteiger partial charge in [-0.2, -0.15) is 0 Å². The fraction of sp³-hybridized carbons (Fsp3) is 0.111. The molecule has 27 heavy (non-hydrogen) atoms. The molecule has 3 heterocycles. The molecule has 0 unspecified atom stereocenters. The number of aromatic amines is 1. The van der Waals surface area contributed by atoms with Gasteiger partial charge >= 0.3 is 0 Å². The number of halogens is 2. The van der Waals surface area contributed by atoms with Crippen LogP contribution in [-0.2, 0) is 0 Å². The smallest absolute Gasteiger partial charge is 0.180 e. The molecule has 0 aliphatic carbocycles. The fourth-order valence-electron chi connectivity index (χ4n) is 3.19. The molecule has 0 saturated carbocycles. The minimum Gasteiger partial charge on any atom is -0.396 e. The lowest BCUT2D eigenvalue weighted by Crippen LogP contribution is -2.01. The number of rotatable bonds is 3. The summed E-state index contributed by atoms with van der Waals surface area (Å²) in [7, 11) is 0. The highest BCUT2D eigenvalue weighted by atomic mass is 79.9. The second-order valence-corrected chi connectivity index (χ2v) is 8.12. The van der Waals surface area contributed by atoms with Crippen molar-refractivity contribution in [3.8, 4) is 17.1 Å². The second-order valence-electron chi connectivity index (χ2n) is 6.16. The number of nitrogens with one attached hydrogen (secondary N) is 1. The summed E-state index contributed by atoms with van der Waals surface area (Å²) in [6.45, 7) is 4.06. The van der Waals surface area contributed by atoms with Crippen LogP contribution < -0.4 is 10.9 Å². The van der Waals surface area contributed by atoms with Gasteiger partial charge < -0.3 is 15.3 Å². The van der Waals surface area contributed by atoms with E-state index in [9.17, 15) is 0 Å². The summed E-state index contributed by atoms with van der Waals surface area (Å²) in [5.41, 5.74) is 11.9. The highest BCUT2D eigenvalue weighted by Crippen LogP contribution is 2.34. The molecule has 0 fully saturated rings. The summed E-state index contributed by atoms with van der Waals surface area (Å²) < 4.78 is 2.83. The van der Waals surface area contributed by atoms with Crippen LogP contribution in [0.5, 0.6) is 0 Å². The number of nitrogens with two attached hydrogens (primary N) is 2. The van der Waals surface area contributed by atoms with Crippen LogP contribution in [0.3, 0.4) is 0 Å². The number of benzene rings is 1. The number of aryl methyl sites for hydroxylation is 1. The van der Waals surface area contributed by atoms with Gasteiger partial charge in [0.15, 0.2) is 5.65 Å². The molecule has 3 aromatic heterocycles. The molecule has 0 amide bonds. The second kappa shape index (κ2) is 6.87. The predicted molar refractivity (Wildman–Crippen MR) is 115 cm³/mol. The van der Waals surface area contributed by atoms with Gasteiger partial charge in [-0.3, -0.25) is 5.14 Å². The molecule has 0 radical (unpaired) electrons. The SMILES string of the molecule is Cc1cc(-c2nc3ncc(Br)c(N)c3[nH]2)c(C)n1-c1cc(SN)ccc1Cl. The maximum absolute atomic E-state index is 6.46. The summed E-state index contributed by atoms with van der Waals surface area (Å²) in [6, 6.07) is 7.80. The van der Waals surface area contributed by atoms with E-state index in [2.05, 4.69) is 41.5 Å². The number of hydrogen-bond acceptors (Lipinski definition) is 5. The van der Waals surface area contributed by atoms with Crippen molar-refractivity contribution in [3.05, 3.63) is 51.3 Å². The third-order valence-electron chi connectivity index (χ3n) is 4.49. The van der Waals surface area contributed by atoms with Crippen LogP contribution in [0.2, 0.25) is 5.02 Å². The van der Waals surface area contributed by atoms with Crippen molar-refractivity contribution >= 4 is 56.3 Å². The molecule has 4 aromatic rings. The van der Waals surface area contributed by atoms with Crippen molar-refractivity contribution in [2.24, 2.45) is 5.14 Å². The van der Waals surface area contributed by atoms with E-state index < -0.39 is 0 Å². The van der Waals surface area contributed by atoms with Gasteiger partial charge in [0.25, 0.3) is 0 Å². The zero-order valence-corrected chi connectivity index (χ0v) is 17.7. The molecule has 9 heteroatoms. The van der Waals surface area contributed by atoms with Gasteiger partial charge in [-0.05, 0) is 66.0 Å². The largest absolute Gasteiger partial charge is 0.396 e. The number of pyridine rings is 1. The molecule has 5 N–H and O–H groups in total. The van der Waals surface area contributed by atoms with Crippen LogP contribution in [0, 0.1) is 13.8 Å². The van der Waals surface area contributed by atoms with E-state index in [1.54, 1.807) is 6.20 Å².